The van der Waals surface area contributed by atoms with Gasteiger partial charge in [-0.25, -0.2) is 4.79 Å². The van der Waals surface area contributed by atoms with Gasteiger partial charge in [0.15, 0.2) is 6.04 Å². The van der Waals surface area contributed by atoms with Crippen LogP contribution in [0.25, 0.3) is 10.1 Å². The second-order valence-corrected chi connectivity index (χ2v) is 4.15. The van der Waals surface area contributed by atoms with E-state index in [4.69, 9.17) is 5.11 Å². The molecule has 0 radical (unpaired) electrons. The molecule has 1 amide bonds. The smallest absolute Gasteiger partial charge is 0.330 e. The highest BCUT2D eigenvalue weighted by atomic mass is 32.1. The summed E-state index contributed by atoms with van der Waals surface area (Å²) in [6, 6.07) is 6.53. The summed E-state index contributed by atoms with van der Waals surface area (Å²) in [6.45, 7) is 0. The van der Waals surface area contributed by atoms with Crippen LogP contribution in [0.3, 0.4) is 0 Å². The molecule has 2 N–H and O–H groups in total. The van der Waals surface area contributed by atoms with Crippen molar-refractivity contribution < 1.29 is 14.7 Å². The van der Waals surface area contributed by atoms with E-state index in [1.165, 1.54) is 11.3 Å². The Morgan fingerprint density at radius 2 is 2.19 bits per heavy atom. The number of amides is 1. The van der Waals surface area contributed by atoms with Crippen LogP contribution in [0.15, 0.2) is 29.6 Å². The number of fused-ring (bicyclic) bond motifs is 1. The molecule has 2 rings (SSSR count). The third-order valence-corrected chi connectivity index (χ3v) is 3.29. The fourth-order valence-electron chi connectivity index (χ4n) is 1.58. The average molecular weight is 235 g/mol. The van der Waals surface area contributed by atoms with E-state index in [1.54, 1.807) is 5.38 Å². The predicted octanol–water partition coefficient (Wildman–Crippen LogP) is 1.77. The lowest BCUT2D eigenvalue weighted by molar-refractivity contribution is -0.140. The molecule has 1 heterocycles. The molecule has 82 valence electrons. The summed E-state index contributed by atoms with van der Waals surface area (Å²) in [4.78, 5) is 21.4. The summed E-state index contributed by atoms with van der Waals surface area (Å²) in [7, 11) is 0. The number of aliphatic carboxylic acids is 1. The first kappa shape index (κ1) is 10.6. The van der Waals surface area contributed by atoms with Crippen LogP contribution in [-0.4, -0.2) is 17.5 Å². The molecule has 5 heteroatoms. The molecule has 1 unspecified atom stereocenters. The first-order valence-electron chi connectivity index (χ1n) is 4.62. The highest BCUT2D eigenvalue weighted by Crippen LogP contribution is 2.30. The van der Waals surface area contributed by atoms with Crippen molar-refractivity contribution in [3.05, 3.63) is 35.2 Å². The minimum absolute atomic E-state index is 0.408. The maximum atomic E-state index is 11.0. The zero-order valence-electron chi connectivity index (χ0n) is 8.21. The van der Waals surface area contributed by atoms with Gasteiger partial charge in [-0.05, 0) is 16.8 Å². The van der Waals surface area contributed by atoms with Crippen LogP contribution in [0.5, 0.6) is 0 Å². The second kappa shape index (κ2) is 4.32. The lowest BCUT2D eigenvalue weighted by Crippen LogP contribution is -2.26. The molecule has 1 aromatic heterocycles. The van der Waals surface area contributed by atoms with Crippen LogP contribution in [0.1, 0.15) is 11.6 Å². The lowest BCUT2D eigenvalue weighted by atomic mass is 10.1. The molecule has 0 fully saturated rings. The number of carboxylic acid groups (broad SMARTS) is 1. The van der Waals surface area contributed by atoms with E-state index in [9.17, 15) is 9.59 Å². The normalized spacial score (nSPS) is 12.2. The summed E-state index contributed by atoms with van der Waals surface area (Å²) in [5, 5.41) is 14.0. The van der Waals surface area contributed by atoms with Crippen molar-refractivity contribution in [2.45, 2.75) is 6.04 Å². The van der Waals surface area contributed by atoms with Gasteiger partial charge in [-0.15, -0.1) is 11.3 Å². The first-order chi connectivity index (χ1) is 7.74. The molecule has 1 atom stereocenters. The number of hydrogen-bond donors (Lipinski definition) is 2. The van der Waals surface area contributed by atoms with Gasteiger partial charge in [0.1, 0.15) is 0 Å². The topological polar surface area (TPSA) is 66.4 Å². The number of carboxylic acids is 1. The maximum absolute atomic E-state index is 11.0. The fraction of sp³-hybridized carbons (Fsp3) is 0.0909. The van der Waals surface area contributed by atoms with Gasteiger partial charge < -0.3 is 10.4 Å². The number of benzene rings is 1. The molecule has 4 nitrogen and oxygen atoms in total. The molecule has 0 aliphatic heterocycles. The monoisotopic (exact) mass is 235 g/mol. The molecular formula is C11H9NO3S. The lowest BCUT2D eigenvalue weighted by Gasteiger charge is -2.09. The van der Waals surface area contributed by atoms with E-state index in [0.717, 1.165) is 10.1 Å². The minimum atomic E-state index is -1.06. The van der Waals surface area contributed by atoms with Crippen molar-refractivity contribution >= 4 is 33.8 Å². The average Bonchev–Trinajstić information content (AvgIpc) is 2.69. The Balaban J connectivity index is 2.52. The van der Waals surface area contributed by atoms with Gasteiger partial charge >= 0.3 is 5.97 Å². The van der Waals surface area contributed by atoms with Crippen molar-refractivity contribution in [2.24, 2.45) is 0 Å². The van der Waals surface area contributed by atoms with E-state index in [1.807, 2.05) is 24.3 Å². The third-order valence-electron chi connectivity index (χ3n) is 2.30. The number of nitrogens with one attached hydrogen (secondary N) is 1. The Morgan fingerprint density at radius 3 is 2.88 bits per heavy atom. The number of carbonyl (C=O) groups is 2. The second-order valence-electron chi connectivity index (χ2n) is 3.24. The van der Waals surface area contributed by atoms with Crippen LogP contribution in [0.2, 0.25) is 0 Å². The summed E-state index contributed by atoms with van der Waals surface area (Å²) in [5.41, 5.74) is 0.625. The highest BCUT2D eigenvalue weighted by Gasteiger charge is 2.21. The van der Waals surface area contributed by atoms with E-state index < -0.39 is 12.0 Å². The van der Waals surface area contributed by atoms with Crippen molar-refractivity contribution in [1.29, 1.82) is 0 Å². The van der Waals surface area contributed by atoms with Gasteiger partial charge in [-0.1, -0.05) is 18.2 Å². The largest absolute Gasteiger partial charge is 0.479 e. The van der Waals surface area contributed by atoms with Gasteiger partial charge in [-0.3, -0.25) is 4.79 Å². The van der Waals surface area contributed by atoms with Gasteiger partial charge in [0.05, 0.1) is 0 Å². The highest BCUT2D eigenvalue weighted by molar-refractivity contribution is 7.17. The summed E-state index contributed by atoms with van der Waals surface area (Å²) in [5.74, 6) is -1.06. The molecule has 0 saturated heterocycles. The van der Waals surface area contributed by atoms with Gasteiger partial charge in [0, 0.05) is 10.3 Å². The van der Waals surface area contributed by atoms with E-state index >= 15 is 0 Å². The molecule has 2 aromatic rings. The SMILES string of the molecule is O=CNC(C(=O)O)c1csc2ccccc12. The number of hydrogen-bond acceptors (Lipinski definition) is 3. The number of thiophene rings is 1. The van der Waals surface area contributed by atoms with Crippen molar-refractivity contribution in [1.82, 2.24) is 5.32 Å². The van der Waals surface area contributed by atoms with Crippen molar-refractivity contribution in [3.63, 3.8) is 0 Å². The van der Waals surface area contributed by atoms with E-state index in [0.29, 0.717) is 12.0 Å². The summed E-state index contributed by atoms with van der Waals surface area (Å²) >= 11 is 1.47. The standard InChI is InChI=1S/C11H9NO3S/c13-6-12-10(11(14)15)8-5-16-9-4-2-1-3-7(8)9/h1-6,10H,(H,12,13)(H,14,15). The van der Waals surface area contributed by atoms with Crippen LogP contribution in [0, 0.1) is 0 Å². The Kier molecular flexibility index (Phi) is 2.87. The van der Waals surface area contributed by atoms with Crippen LogP contribution < -0.4 is 5.32 Å². The Bertz CT molecular complexity index is 535. The van der Waals surface area contributed by atoms with E-state index in [-0.39, 0.29) is 0 Å². The fourth-order valence-corrected chi connectivity index (χ4v) is 2.57. The molecular weight excluding hydrogens is 226 g/mol. The number of carbonyl (C=O) groups excluding carboxylic acids is 1. The first-order valence-corrected chi connectivity index (χ1v) is 5.50. The van der Waals surface area contributed by atoms with Gasteiger partial charge in [-0.2, -0.15) is 0 Å². The zero-order valence-corrected chi connectivity index (χ0v) is 9.03. The Morgan fingerprint density at radius 1 is 1.44 bits per heavy atom. The van der Waals surface area contributed by atoms with Crippen LogP contribution >= 0.6 is 11.3 Å². The molecule has 0 spiro atoms. The van der Waals surface area contributed by atoms with Crippen LogP contribution in [-0.2, 0) is 9.59 Å². The summed E-state index contributed by atoms with van der Waals surface area (Å²) < 4.78 is 1.01. The maximum Gasteiger partial charge on any atom is 0.330 e. The van der Waals surface area contributed by atoms with Gasteiger partial charge in [0.2, 0.25) is 6.41 Å². The summed E-state index contributed by atoms with van der Waals surface area (Å²) in [6.07, 6.45) is 0.408. The minimum Gasteiger partial charge on any atom is -0.479 e. The number of rotatable bonds is 4. The molecule has 1 aromatic carbocycles. The molecule has 0 saturated carbocycles. The van der Waals surface area contributed by atoms with Crippen molar-refractivity contribution in [2.75, 3.05) is 0 Å². The molecule has 0 aliphatic rings. The van der Waals surface area contributed by atoms with Crippen molar-refractivity contribution in [3.8, 4) is 0 Å². The molecule has 0 aliphatic carbocycles. The van der Waals surface area contributed by atoms with Crippen LogP contribution in [0.4, 0.5) is 0 Å². The Labute approximate surface area is 95.5 Å². The third kappa shape index (κ3) is 1.77. The predicted molar refractivity (Wildman–Crippen MR) is 61.4 cm³/mol. The molecule has 16 heavy (non-hydrogen) atoms. The molecule has 0 bridgehead atoms. The zero-order chi connectivity index (χ0) is 11.5. The van der Waals surface area contributed by atoms with Gasteiger partial charge in [0.25, 0.3) is 0 Å². The Hall–Kier alpha value is -1.88. The van der Waals surface area contributed by atoms with E-state index in [2.05, 4.69) is 5.32 Å². The quantitative estimate of drug-likeness (QED) is 0.794.